The summed E-state index contributed by atoms with van der Waals surface area (Å²) in [5, 5.41) is 0. The minimum atomic E-state index is -0.517. The van der Waals surface area contributed by atoms with Gasteiger partial charge in [0.15, 0.2) is 17.5 Å². The largest absolute Gasteiger partial charge is 0.208 e. The van der Waals surface area contributed by atoms with E-state index < -0.39 is 5.41 Å². The van der Waals surface area contributed by atoms with E-state index in [9.17, 15) is 0 Å². The smallest absolute Gasteiger partial charge is 0.164 e. The fourth-order valence-electron chi connectivity index (χ4n) is 8.10. The molecule has 0 amide bonds. The highest BCUT2D eigenvalue weighted by molar-refractivity contribution is 6.01. The van der Waals surface area contributed by atoms with Crippen LogP contribution < -0.4 is 0 Å². The fourth-order valence-corrected chi connectivity index (χ4v) is 8.10. The first-order valence-corrected chi connectivity index (χ1v) is 17.7. The van der Waals surface area contributed by atoms with E-state index in [1.807, 2.05) is 18.2 Å². The predicted molar refractivity (Wildman–Crippen MR) is 213 cm³/mol. The molecule has 0 bridgehead atoms. The summed E-state index contributed by atoms with van der Waals surface area (Å²) < 4.78 is 0. The molecule has 246 valence electrons. The lowest BCUT2D eigenvalue weighted by Gasteiger charge is -2.31. The highest BCUT2D eigenvalue weighted by Gasteiger charge is 2.52. The van der Waals surface area contributed by atoms with Crippen molar-refractivity contribution in [3.05, 3.63) is 198 Å². The highest BCUT2D eigenvalue weighted by atomic mass is 15.0. The molecule has 1 heterocycles. The summed E-state index contributed by atoms with van der Waals surface area (Å²) in [6, 6.07) is 42.9. The molecule has 3 nitrogen and oxygen atoms in total. The van der Waals surface area contributed by atoms with E-state index in [1.54, 1.807) is 0 Å². The lowest BCUT2D eigenvalue weighted by atomic mass is 9.69. The van der Waals surface area contributed by atoms with Gasteiger partial charge in [-0.1, -0.05) is 165 Å². The Morgan fingerprint density at radius 2 is 1.24 bits per heavy atom. The lowest BCUT2D eigenvalue weighted by Crippen LogP contribution is -2.26. The van der Waals surface area contributed by atoms with Crippen LogP contribution in [0.1, 0.15) is 55.0 Å². The summed E-state index contributed by atoms with van der Waals surface area (Å²) in [6.07, 6.45) is 13.9. The Hall–Kier alpha value is -6.19. The number of aromatic nitrogens is 3. The summed E-state index contributed by atoms with van der Waals surface area (Å²) in [5.74, 6) is 1.93. The van der Waals surface area contributed by atoms with Crippen LogP contribution in [0.15, 0.2) is 170 Å². The van der Waals surface area contributed by atoms with Gasteiger partial charge in [0.2, 0.25) is 0 Å². The SMILES string of the molecule is C=CC1=C(/C=C\C)c2ccccc2C12c1ccccc1-c1c(-c3nc(-c4ccccc4)nc(-c4cccc(C(/C=C\C)=C/CC)c4)n3)cccc12. The lowest BCUT2D eigenvalue weighted by molar-refractivity contribution is 0.787. The summed E-state index contributed by atoms with van der Waals surface area (Å²) in [4.78, 5) is 15.6. The van der Waals surface area contributed by atoms with E-state index in [0.29, 0.717) is 17.5 Å². The maximum atomic E-state index is 5.28. The standard InChI is InChI=1S/C48H39N3/c1-5-18-32(19-6-2)34-23-16-24-35(31-34)46-49-45(33-21-10-9-11-22-33)50-47(51-46)39-27-17-30-43-44(39)38-26-13-15-29-42(38)48(43)40(8-4)36(20-7-3)37-25-12-14-28-41(37)48/h5,7-31H,4,6H2,1-3H3/b18-5-,20-7-,32-19+. The predicted octanol–water partition coefficient (Wildman–Crippen LogP) is 12.1. The zero-order valence-corrected chi connectivity index (χ0v) is 29.3. The van der Waals surface area contributed by atoms with Gasteiger partial charge in [0, 0.05) is 16.7 Å². The Morgan fingerprint density at radius 3 is 1.96 bits per heavy atom. The zero-order chi connectivity index (χ0) is 35.0. The minimum absolute atomic E-state index is 0.517. The van der Waals surface area contributed by atoms with Crippen LogP contribution in [0, 0.1) is 0 Å². The molecule has 1 unspecified atom stereocenters. The molecule has 0 aliphatic heterocycles. The van der Waals surface area contributed by atoms with E-state index in [1.165, 1.54) is 44.5 Å². The molecule has 0 saturated heterocycles. The number of rotatable bonds is 8. The van der Waals surface area contributed by atoms with Crippen molar-refractivity contribution in [3.8, 4) is 45.3 Å². The molecule has 5 aromatic carbocycles. The van der Waals surface area contributed by atoms with E-state index >= 15 is 0 Å². The summed E-state index contributed by atoms with van der Waals surface area (Å²) in [6.45, 7) is 10.7. The molecule has 0 saturated carbocycles. The maximum absolute atomic E-state index is 5.28. The van der Waals surface area contributed by atoms with Crippen molar-refractivity contribution in [2.45, 2.75) is 32.6 Å². The third-order valence-corrected chi connectivity index (χ3v) is 10.1. The number of hydrogen-bond donors (Lipinski definition) is 0. The Balaban J connectivity index is 1.41. The van der Waals surface area contributed by atoms with Gasteiger partial charge in [0.05, 0.1) is 5.41 Å². The molecule has 6 aromatic rings. The second kappa shape index (κ2) is 13.3. The van der Waals surface area contributed by atoms with Gasteiger partial charge in [-0.15, -0.1) is 0 Å². The van der Waals surface area contributed by atoms with Gasteiger partial charge in [-0.25, -0.2) is 15.0 Å². The van der Waals surface area contributed by atoms with Crippen molar-refractivity contribution in [1.29, 1.82) is 0 Å². The van der Waals surface area contributed by atoms with Crippen molar-refractivity contribution >= 4 is 11.1 Å². The van der Waals surface area contributed by atoms with Crippen LogP contribution in [0.5, 0.6) is 0 Å². The van der Waals surface area contributed by atoms with Gasteiger partial charge < -0.3 is 0 Å². The van der Waals surface area contributed by atoms with Crippen LogP contribution in [-0.4, -0.2) is 15.0 Å². The van der Waals surface area contributed by atoms with E-state index in [2.05, 4.69) is 167 Å². The minimum Gasteiger partial charge on any atom is -0.208 e. The fraction of sp³-hybridized carbons (Fsp3) is 0.104. The normalized spacial score (nSPS) is 16.3. The van der Waals surface area contributed by atoms with Crippen LogP contribution in [0.2, 0.25) is 0 Å². The Labute approximate surface area is 300 Å². The van der Waals surface area contributed by atoms with Gasteiger partial charge >= 0.3 is 0 Å². The quantitative estimate of drug-likeness (QED) is 0.153. The van der Waals surface area contributed by atoms with Gasteiger partial charge in [0.1, 0.15) is 0 Å². The van der Waals surface area contributed by atoms with Gasteiger partial charge in [-0.05, 0) is 82.0 Å². The summed E-state index contributed by atoms with van der Waals surface area (Å²) in [7, 11) is 0. The number of fused-ring (bicyclic) bond motifs is 7. The molecule has 1 atom stereocenters. The van der Waals surface area contributed by atoms with Crippen molar-refractivity contribution in [2.24, 2.45) is 0 Å². The highest BCUT2D eigenvalue weighted by Crippen LogP contribution is 2.63. The van der Waals surface area contributed by atoms with Crippen molar-refractivity contribution in [2.75, 3.05) is 0 Å². The van der Waals surface area contributed by atoms with Crippen LogP contribution in [-0.2, 0) is 5.41 Å². The molecular weight excluding hydrogens is 619 g/mol. The average molecular weight is 658 g/mol. The molecule has 1 spiro atoms. The number of hydrogen-bond acceptors (Lipinski definition) is 3. The van der Waals surface area contributed by atoms with Crippen molar-refractivity contribution in [3.63, 3.8) is 0 Å². The summed E-state index contributed by atoms with van der Waals surface area (Å²) in [5.41, 5.74) is 14.4. The molecule has 51 heavy (non-hydrogen) atoms. The van der Waals surface area contributed by atoms with E-state index in [4.69, 9.17) is 15.0 Å². The Bertz CT molecular complexity index is 2440. The van der Waals surface area contributed by atoms with Crippen LogP contribution in [0.25, 0.3) is 56.4 Å². The van der Waals surface area contributed by atoms with E-state index in [0.717, 1.165) is 34.2 Å². The van der Waals surface area contributed by atoms with Gasteiger partial charge in [-0.2, -0.15) is 0 Å². The first-order chi connectivity index (χ1) is 25.1. The van der Waals surface area contributed by atoms with Gasteiger partial charge in [-0.3, -0.25) is 0 Å². The number of nitrogens with zero attached hydrogens (tertiary/aromatic N) is 3. The Morgan fingerprint density at radius 1 is 0.627 bits per heavy atom. The second-order valence-electron chi connectivity index (χ2n) is 12.9. The summed E-state index contributed by atoms with van der Waals surface area (Å²) >= 11 is 0. The van der Waals surface area contributed by atoms with Crippen LogP contribution in [0.4, 0.5) is 0 Å². The molecule has 0 radical (unpaired) electrons. The molecular formula is C48H39N3. The third-order valence-electron chi connectivity index (χ3n) is 10.1. The average Bonchev–Trinajstić information content (AvgIpc) is 3.64. The molecule has 8 rings (SSSR count). The van der Waals surface area contributed by atoms with Crippen LogP contribution >= 0.6 is 0 Å². The first kappa shape index (κ1) is 32.0. The number of allylic oxidation sites excluding steroid dienone is 9. The Kier molecular flexibility index (Phi) is 8.33. The van der Waals surface area contributed by atoms with Gasteiger partial charge in [0.25, 0.3) is 0 Å². The molecule has 3 heteroatoms. The molecule has 1 aromatic heterocycles. The topological polar surface area (TPSA) is 38.7 Å². The molecule has 2 aliphatic rings. The van der Waals surface area contributed by atoms with E-state index in [-0.39, 0.29) is 0 Å². The molecule has 0 N–H and O–H groups in total. The zero-order valence-electron chi connectivity index (χ0n) is 29.3. The first-order valence-electron chi connectivity index (χ1n) is 17.7. The maximum Gasteiger partial charge on any atom is 0.164 e. The van der Waals surface area contributed by atoms with Crippen LogP contribution in [0.3, 0.4) is 0 Å². The second-order valence-corrected chi connectivity index (χ2v) is 12.9. The van der Waals surface area contributed by atoms with Crippen molar-refractivity contribution < 1.29 is 0 Å². The monoisotopic (exact) mass is 657 g/mol. The molecule has 2 aliphatic carbocycles. The third kappa shape index (κ3) is 5.08. The molecule has 0 fully saturated rings. The number of benzene rings is 5. The van der Waals surface area contributed by atoms with Crippen molar-refractivity contribution in [1.82, 2.24) is 15.0 Å².